The van der Waals surface area contributed by atoms with Gasteiger partial charge in [0.15, 0.2) is 0 Å². The number of methoxy groups -OCH3 is 1. The summed E-state index contributed by atoms with van der Waals surface area (Å²) in [6.45, 7) is 6.60. The Bertz CT molecular complexity index is 1260. The van der Waals surface area contributed by atoms with Crippen LogP contribution in [-0.2, 0) is 21.5 Å². The van der Waals surface area contributed by atoms with E-state index in [0.717, 1.165) is 62.5 Å². The summed E-state index contributed by atoms with van der Waals surface area (Å²) in [6, 6.07) is 16.4. The molecule has 2 saturated heterocycles. The first-order chi connectivity index (χ1) is 18.6. The van der Waals surface area contributed by atoms with Crippen LogP contribution in [0.1, 0.15) is 35.7 Å². The third-order valence-corrected chi connectivity index (χ3v) is 8.77. The molecular weight excluding hydrogens is 480 g/mol. The molecule has 3 aliphatic heterocycles. The van der Waals surface area contributed by atoms with Crippen LogP contribution in [0.3, 0.4) is 0 Å². The first kappa shape index (κ1) is 25.4. The van der Waals surface area contributed by atoms with Crippen molar-refractivity contribution in [1.29, 1.82) is 0 Å². The lowest BCUT2D eigenvalue weighted by Crippen LogP contribution is -2.57. The highest BCUT2D eigenvalue weighted by atomic mass is 16.5. The summed E-state index contributed by atoms with van der Waals surface area (Å²) in [5.41, 5.74) is 4.43. The zero-order valence-electron chi connectivity index (χ0n) is 22.2. The molecule has 1 amide bonds. The molecule has 8 nitrogen and oxygen atoms in total. The number of nitrogens with one attached hydrogen (secondary N) is 1. The number of aromatic amines is 1. The number of aliphatic hydroxyl groups excluding tert-OH is 1. The SMILES string of the molecule is COc1ccc2c3c([nH]c2c1)[C@@H](CO)N(C(=O)CN1CCOCC1)CC31CCN(Cc2ccccc2)CC1. The standard InChI is InChI=1S/C30H38N4O4/c1-37-23-7-8-24-25(17-23)31-29-26(20-35)34(27(36)19-33-13-15-38-16-14-33)21-30(28(24)29)9-11-32(12-10-30)18-22-5-3-2-4-6-22/h2-8,17,26,31,35H,9-16,18-21H2,1H3/t26-/m1/s1. The van der Waals surface area contributed by atoms with Crippen LogP contribution in [0.5, 0.6) is 5.75 Å². The molecule has 1 aromatic heterocycles. The Balaban J connectivity index is 1.34. The normalized spacial score (nSPS) is 22.1. The third-order valence-electron chi connectivity index (χ3n) is 8.77. The van der Waals surface area contributed by atoms with E-state index < -0.39 is 0 Å². The van der Waals surface area contributed by atoms with Gasteiger partial charge < -0.3 is 24.5 Å². The van der Waals surface area contributed by atoms with E-state index in [4.69, 9.17) is 9.47 Å². The summed E-state index contributed by atoms with van der Waals surface area (Å²) in [4.78, 5) is 24.0. The number of nitrogens with zero attached hydrogens (tertiary/aromatic N) is 3. The number of ether oxygens (including phenoxy) is 2. The smallest absolute Gasteiger partial charge is 0.237 e. The van der Waals surface area contributed by atoms with Crippen LogP contribution in [0.2, 0.25) is 0 Å². The lowest BCUT2D eigenvalue weighted by molar-refractivity contribution is -0.139. The van der Waals surface area contributed by atoms with Crippen LogP contribution in [0, 0.1) is 0 Å². The fourth-order valence-corrected chi connectivity index (χ4v) is 6.70. The van der Waals surface area contributed by atoms with Crippen molar-refractivity contribution >= 4 is 16.8 Å². The highest BCUT2D eigenvalue weighted by Crippen LogP contribution is 2.49. The second-order valence-corrected chi connectivity index (χ2v) is 11.0. The molecule has 1 spiro atoms. The zero-order valence-corrected chi connectivity index (χ0v) is 22.2. The maximum absolute atomic E-state index is 13.8. The summed E-state index contributed by atoms with van der Waals surface area (Å²) in [6.07, 6.45) is 1.93. The topological polar surface area (TPSA) is 81.3 Å². The molecule has 3 aromatic rings. The molecule has 4 heterocycles. The van der Waals surface area contributed by atoms with Crippen LogP contribution in [-0.4, -0.2) is 96.9 Å². The predicted molar refractivity (Wildman–Crippen MR) is 146 cm³/mol. The van der Waals surface area contributed by atoms with E-state index in [0.29, 0.717) is 26.3 Å². The Morgan fingerprint density at radius 2 is 1.84 bits per heavy atom. The Morgan fingerprint density at radius 3 is 2.55 bits per heavy atom. The van der Waals surface area contributed by atoms with E-state index in [9.17, 15) is 9.90 Å². The number of piperidine rings is 1. The molecule has 0 saturated carbocycles. The lowest BCUT2D eigenvalue weighted by atomic mass is 9.68. The van der Waals surface area contributed by atoms with Gasteiger partial charge in [0.25, 0.3) is 0 Å². The summed E-state index contributed by atoms with van der Waals surface area (Å²) < 4.78 is 11.0. The molecule has 2 N–H and O–H groups in total. The van der Waals surface area contributed by atoms with Crippen LogP contribution in [0.4, 0.5) is 0 Å². The number of morpholine rings is 1. The minimum absolute atomic E-state index is 0.0823. The average Bonchev–Trinajstić information content (AvgIpc) is 3.35. The minimum atomic E-state index is -0.384. The van der Waals surface area contributed by atoms with E-state index >= 15 is 0 Å². The molecule has 6 rings (SSSR count). The molecule has 38 heavy (non-hydrogen) atoms. The van der Waals surface area contributed by atoms with Crippen molar-refractivity contribution in [2.45, 2.75) is 30.8 Å². The molecule has 1 atom stereocenters. The highest BCUT2D eigenvalue weighted by Gasteiger charge is 2.48. The molecule has 0 bridgehead atoms. The summed E-state index contributed by atoms with van der Waals surface area (Å²) in [5.74, 6) is 0.877. The number of hydrogen-bond acceptors (Lipinski definition) is 6. The number of carbonyl (C=O) groups excluding carboxylic acids is 1. The molecule has 2 fully saturated rings. The number of hydrogen-bond donors (Lipinski definition) is 2. The van der Waals surface area contributed by atoms with E-state index in [2.05, 4.69) is 51.2 Å². The monoisotopic (exact) mass is 518 g/mol. The molecule has 0 unspecified atom stereocenters. The fourth-order valence-electron chi connectivity index (χ4n) is 6.70. The van der Waals surface area contributed by atoms with Crippen molar-refractivity contribution in [3.8, 4) is 5.75 Å². The molecule has 2 aromatic carbocycles. The molecule has 202 valence electrons. The van der Waals surface area contributed by atoms with Gasteiger partial charge >= 0.3 is 0 Å². The number of fused-ring (bicyclic) bond motifs is 4. The van der Waals surface area contributed by atoms with Crippen molar-refractivity contribution in [1.82, 2.24) is 19.7 Å². The van der Waals surface area contributed by atoms with Gasteiger partial charge in [0.1, 0.15) is 5.75 Å². The zero-order chi connectivity index (χ0) is 26.1. The third kappa shape index (κ3) is 4.71. The molecular formula is C30H38N4O4. The van der Waals surface area contributed by atoms with Crippen LogP contribution in [0.25, 0.3) is 10.9 Å². The van der Waals surface area contributed by atoms with Crippen molar-refractivity contribution in [2.24, 2.45) is 0 Å². The Kier molecular flexibility index (Phi) is 7.14. The number of carbonyl (C=O) groups is 1. The number of aliphatic hydroxyl groups is 1. The predicted octanol–water partition coefficient (Wildman–Crippen LogP) is 2.92. The van der Waals surface area contributed by atoms with E-state index in [-0.39, 0.29) is 24.0 Å². The van der Waals surface area contributed by atoms with E-state index in [1.807, 2.05) is 17.0 Å². The van der Waals surface area contributed by atoms with Gasteiger partial charge in [-0.2, -0.15) is 0 Å². The number of H-pyrrole nitrogens is 1. The fraction of sp³-hybridized carbons (Fsp3) is 0.500. The van der Waals surface area contributed by atoms with Crippen molar-refractivity contribution in [2.75, 3.05) is 66.2 Å². The van der Waals surface area contributed by atoms with Gasteiger partial charge in [0.05, 0.1) is 39.5 Å². The second kappa shape index (κ2) is 10.7. The van der Waals surface area contributed by atoms with Gasteiger partial charge in [-0.05, 0) is 49.2 Å². The van der Waals surface area contributed by atoms with Crippen molar-refractivity contribution in [3.05, 3.63) is 65.4 Å². The van der Waals surface area contributed by atoms with Gasteiger partial charge in [-0.25, -0.2) is 0 Å². The van der Waals surface area contributed by atoms with Crippen LogP contribution in [0.15, 0.2) is 48.5 Å². The number of rotatable bonds is 6. The summed E-state index contributed by atoms with van der Waals surface area (Å²) in [5, 5.41) is 11.8. The van der Waals surface area contributed by atoms with E-state index in [1.54, 1.807) is 7.11 Å². The molecule has 0 radical (unpaired) electrons. The number of aromatic nitrogens is 1. The van der Waals surface area contributed by atoms with Crippen molar-refractivity contribution < 1.29 is 19.4 Å². The van der Waals surface area contributed by atoms with Gasteiger partial charge in [0, 0.05) is 54.3 Å². The summed E-state index contributed by atoms with van der Waals surface area (Å²) >= 11 is 0. The Labute approximate surface area is 224 Å². The van der Waals surface area contributed by atoms with Gasteiger partial charge in [0.2, 0.25) is 5.91 Å². The van der Waals surface area contributed by atoms with E-state index in [1.165, 1.54) is 16.5 Å². The number of likely N-dealkylation sites (tertiary alicyclic amines) is 1. The quantitative estimate of drug-likeness (QED) is 0.522. The molecule has 3 aliphatic rings. The molecule has 0 aliphatic carbocycles. The number of amides is 1. The van der Waals surface area contributed by atoms with Crippen molar-refractivity contribution in [3.63, 3.8) is 0 Å². The first-order valence-corrected chi connectivity index (χ1v) is 13.8. The maximum Gasteiger partial charge on any atom is 0.237 e. The average molecular weight is 519 g/mol. The maximum atomic E-state index is 13.8. The van der Waals surface area contributed by atoms with Gasteiger partial charge in [-0.1, -0.05) is 30.3 Å². The molecule has 8 heteroatoms. The summed E-state index contributed by atoms with van der Waals surface area (Å²) in [7, 11) is 1.68. The Hall–Kier alpha value is -2.91. The second-order valence-electron chi connectivity index (χ2n) is 11.0. The van der Waals surface area contributed by atoms with Crippen LogP contribution < -0.4 is 4.74 Å². The van der Waals surface area contributed by atoms with Gasteiger partial charge in [-0.3, -0.25) is 14.6 Å². The van der Waals surface area contributed by atoms with Gasteiger partial charge in [-0.15, -0.1) is 0 Å². The first-order valence-electron chi connectivity index (χ1n) is 13.8. The highest BCUT2D eigenvalue weighted by molar-refractivity contribution is 5.89. The van der Waals surface area contributed by atoms with Crippen LogP contribution >= 0.6 is 0 Å². The lowest BCUT2D eigenvalue weighted by Gasteiger charge is -2.50. The minimum Gasteiger partial charge on any atom is -0.497 e. The largest absolute Gasteiger partial charge is 0.497 e. The Morgan fingerprint density at radius 1 is 1.08 bits per heavy atom. The number of benzene rings is 2.